The summed E-state index contributed by atoms with van der Waals surface area (Å²) in [6, 6.07) is 19.5. The second-order valence-electron chi connectivity index (χ2n) is 6.85. The van der Waals surface area contributed by atoms with Gasteiger partial charge in [0, 0.05) is 13.1 Å². The van der Waals surface area contributed by atoms with Gasteiger partial charge in [0.1, 0.15) is 22.9 Å². The van der Waals surface area contributed by atoms with Gasteiger partial charge in [-0.2, -0.15) is 0 Å². The largest absolute Gasteiger partial charge is 0.495 e. The van der Waals surface area contributed by atoms with Gasteiger partial charge in [-0.25, -0.2) is 4.98 Å². The Morgan fingerprint density at radius 1 is 0.688 bits per heavy atom. The molecular weight excluding hydrogens is 406 g/mol. The molecule has 0 aliphatic rings. The lowest BCUT2D eigenvalue weighted by molar-refractivity contribution is 0.0978. The number of para-hydroxylation sites is 4. The highest BCUT2D eigenvalue weighted by Gasteiger charge is 2.24. The first kappa shape index (κ1) is 22.8. The first-order valence-electron chi connectivity index (χ1n) is 10.4. The summed E-state index contributed by atoms with van der Waals surface area (Å²) in [5, 5.41) is 0. The average Bonchev–Trinajstić information content (AvgIpc) is 2.85. The molecule has 32 heavy (non-hydrogen) atoms. The second-order valence-corrected chi connectivity index (χ2v) is 6.85. The first-order chi connectivity index (χ1) is 15.5. The molecule has 0 aliphatic heterocycles. The standard InChI is InChI=1S/C25H27N3O4/c1-5-27(20-14-7-9-16-22(20)31-3)24(29)18-12-11-13-19(26-18)25(30)28(6-2)21-15-8-10-17-23(21)32-4/h7-17H,5-6H2,1-4H3. The predicted octanol–water partition coefficient (Wildman–Crippen LogP) is 4.43. The highest BCUT2D eigenvalue weighted by molar-refractivity contribution is 6.08. The third kappa shape index (κ3) is 4.56. The molecule has 0 saturated carbocycles. The van der Waals surface area contributed by atoms with Crippen molar-refractivity contribution >= 4 is 23.2 Å². The van der Waals surface area contributed by atoms with Gasteiger partial charge < -0.3 is 19.3 Å². The Morgan fingerprint density at radius 2 is 1.09 bits per heavy atom. The number of ether oxygens (including phenoxy) is 2. The van der Waals surface area contributed by atoms with Crippen LogP contribution in [0, 0.1) is 0 Å². The summed E-state index contributed by atoms with van der Waals surface area (Å²) in [4.78, 5) is 34.1. The van der Waals surface area contributed by atoms with E-state index in [1.807, 2.05) is 50.2 Å². The molecule has 1 aromatic heterocycles. The van der Waals surface area contributed by atoms with Crippen molar-refractivity contribution in [1.29, 1.82) is 0 Å². The summed E-state index contributed by atoms with van der Waals surface area (Å²) in [6.07, 6.45) is 0. The van der Waals surface area contributed by atoms with Gasteiger partial charge in [-0.05, 0) is 50.2 Å². The summed E-state index contributed by atoms with van der Waals surface area (Å²) in [5.74, 6) is 0.547. The minimum Gasteiger partial charge on any atom is -0.495 e. The summed E-state index contributed by atoms with van der Waals surface area (Å²) in [5.41, 5.74) is 1.65. The van der Waals surface area contributed by atoms with Gasteiger partial charge in [0.05, 0.1) is 25.6 Å². The van der Waals surface area contributed by atoms with E-state index in [2.05, 4.69) is 4.98 Å². The molecular formula is C25H27N3O4. The highest BCUT2D eigenvalue weighted by atomic mass is 16.5. The van der Waals surface area contributed by atoms with Crippen molar-refractivity contribution in [1.82, 2.24) is 4.98 Å². The Morgan fingerprint density at radius 3 is 1.47 bits per heavy atom. The molecule has 7 nitrogen and oxygen atoms in total. The Bertz CT molecular complexity index is 1020. The number of anilines is 2. The number of nitrogens with zero attached hydrogens (tertiary/aromatic N) is 3. The summed E-state index contributed by atoms with van der Waals surface area (Å²) in [7, 11) is 3.12. The lowest BCUT2D eigenvalue weighted by Crippen LogP contribution is -2.34. The molecule has 3 rings (SSSR count). The van der Waals surface area contributed by atoms with Crippen molar-refractivity contribution in [2.24, 2.45) is 0 Å². The molecule has 0 spiro atoms. The van der Waals surface area contributed by atoms with Gasteiger partial charge in [-0.3, -0.25) is 9.59 Å². The molecule has 2 amide bonds. The maximum atomic E-state index is 13.3. The number of pyridine rings is 1. The van der Waals surface area contributed by atoms with E-state index in [0.29, 0.717) is 36.0 Å². The number of amides is 2. The summed E-state index contributed by atoms with van der Waals surface area (Å²) < 4.78 is 10.8. The molecule has 7 heteroatoms. The van der Waals surface area contributed by atoms with Crippen LogP contribution in [0.25, 0.3) is 0 Å². The first-order valence-corrected chi connectivity index (χ1v) is 10.4. The van der Waals surface area contributed by atoms with E-state index in [1.54, 1.807) is 54.4 Å². The van der Waals surface area contributed by atoms with E-state index in [-0.39, 0.29) is 23.2 Å². The number of rotatable bonds is 8. The number of hydrogen-bond acceptors (Lipinski definition) is 5. The number of benzene rings is 2. The fourth-order valence-corrected chi connectivity index (χ4v) is 3.50. The van der Waals surface area contributed by atoms with Crippen LogP contribution >= 0.6 is 0 Å². The molecule has 0 unspecified atom stereocenters. The molecule has 0 saturated heterocycles. The zero-order valence-corrected chi connectivity index (χ0v) is 18.7. The molecule has 3 aromatic rings. The van der Waals surface area contributed by atoms with Gasteiger partial charge in [0.25, 0.3) is 11.8 Å². The van der Waals surface area contributed by atoms with Gasteiger partial charge >= 0.3 is 0 Å². The molecule has 0 N–H and O–H groups in total. The van der Waals surface area contributed by atoms with Crippen molar-refractivity contribution in [3.63, 3.8) is 0 Å². The van der Waals surface area contributed by atoms with Crippen LogP contribution in [0.2, 0.25) is 0 Å². The van der Waals surface area contributed by atoms with Crippen molar-refractivity contribution in [3.8, 4) is 11.5 Å². The van der Waals surface area contributed by atoms with Crippen LogP contribution in [-0.4, -0.2) is 44.1 Å². The maximum Gasteiger partial charge on any atom is 0.276 e. The molecule has 1 heterocycles. The lowest BCUT2D eigenvalue weighted by Gasteiger charge is -2.24. The fourth-order valence-electron chi connectivity index (χ4n) is 3.50. The van der Waals surface area contributed by atoms with E-state index >= 15 is 0 Å². The number of hydrogen-bond donors (Lipinski definition) is 0. The van der Waals surface area contributed by atoms with Crippen LogP contribution < -0.4 is 19.3 Å². The molecule has 0 bridgehead atoms. The third-order valence-corrected chi connectivity index (χ3v) is 5.06. The van der Waals surface area contributed by atoms with E-state index in [9.17, 15) is 9.59 Å². The highest BCUT2D eigenvalue weighted by Crippen LogP contribution is 2.30. The van der Waals surface area contributed by atoms with Crippen molar-refractivity contribution in [2.45, 2.75) is 13.8 Å². The van der Waals surface area contributed by atoms with Crippen LogP contribution in [-0.2, 0) is 0 Å². The molecule has 166 valence electrons. The zero-order valence-electron chi connectivity index (χ0n) is 18.7. The summed E-state index contributed by atoms with van der Waals surface area (Å²) >= 11 is 0. The van der Waals surface area contributed by atoms with Gasteiger partial charge in [-0.15, -0.1) is 0 Å². The monoisotopic (exact) mass is 433 g/mol. The summed E-state index contributed by atoms with van der Waals surface area (Å²) in [6.45, 7) is 4.59. The topological polar surface area (TPSA) is 72.0 Å². The van der Waals surface area contributed by atoms with Gasteiger partial charge in [-0.1, -0.05) is 30.3 Å². The Labute approximate surface area is 188 Å². The molecule has 0 radical (unpaired) electrons. The minimum atomic E-state index is -0.313. The number of aromatic nitrogens is 1. The van der Waals surface area contributed by atoms with E-state index < -0.39 is 0 Å². The van der Waals surface area contributed by atoms with Crippen molar-refractivity contribution in [2.75, 3.05) is 37.1 Å². The third-order valence-electron chi connectivity index (χ3n) is 5.06. The normalized spacial score (nSPS) is 10.4. The molecule has 0 aliphatic carbocycles. The molecule has 0 atom stereocenters. The molecule has 2 aromatic carbocycles. The Balaban J connectivity index is 1.94. The Kier molecular flexibility index (Phi) is 7.44. The van der Waals surface area contributed by atoms with Crippen LogP contribution in [0.4, 0.5) is 11.4 Å². The number of methoxy groups -OCH3 is 2. The van der Waals surface area contributed by atoms with E-state index in [4.69, 9.17) is 9.47 Å². The van der Waals surface area contributed by atoms with E-state index in [1.165, 1.54) is 0 Å². The van der Waals surface area contributed by atoms with Crippen LogP contribution in [0.5, 0.6) is 11.5 Å². The van der Waals surface area contributed by atoms with Crippen LogP contribution in [0.1, 0.15) is 34.8 Å². The molecule has 0 fully saturated rings. The fraction of sp³-hybridized carbons (Fsp3) is 0.240. The minimum absolute atomic E-state index is 0.180. The number of carbonyl (C=O) groups excluding carboxylic acids is 2. The average molecular weight is 434 g/mol. The quantitative estimate of drug-likeness (QED) is 0.525. The SMILES string of the molecule is CCN(C(=O)c1cccc(C(=O)N(CC)c2ccccc2OC)n1)c1ccccc1OC. The second kappa shape index (κ2) is 10.4. The van der Waals surface area contributed by atoms with Gasteiger partial charge in [0.2, 0.25) is 0 Å². The predicted molar refractivity (Wildman–Crippen MR) is 125 cm³/mol. The van der Waals surface area contributed by atoms with Crippen LogP contribution in [0.3, 0.4) is 0 Å². The van der Waals surface area contributed by atoms with Crippen molar-refractivity contribution < 1.29 is 19.1 Å². The van der Waals surface area contributed by atoms with E-state index in [0.717, 1.165) is 0 Å². The van der Waals surface area contributed by atoms with Crippen molar-refractivity contribution in [3.05, 3.63) is 78.1 Å². The maximum absolute atomic E-state index is 13.3. The lowest BCUT2D eigenvalue weighted by atomic mass is 10.2. The smallest absolute Gasteiger partial charge is 0.276 e. The number of carbonyl (C=O) groups is 2. The zero-order chi connectivity index (χ0) is 23.1. The van der Waals surface area contributed by atoms with Crippen LogP contribution in [0.15, 0.2) is 66.7 Å². The Hall–Kier alpha value is -3.87. The van der Waals surface area contributed by atoms with Gasteiger partial charge in [0.15, 0.2) is 0 Å².